The summed E-state index contributed by atoms with van der Waals surface area (Å²) in [4.78, 5) is 16.8. The van der Waals surface area contributed by atoms with E-state index in [9.17, 15) is 4.79 Å². The fourth-order valence-electron chi connectivity index (χ4n) is 1.55. The standard InChI is InChI=1S/C16H21NO3/c1-4-19-16(18)15(13(2)3)10-11-17-20-12-14-8-6-5-7-9-14/h5-11,13H,4,12H2,1-3H3/b15-10+,17-11+. The fraction of sp³-hybridized carbons (Fsp3) is 0.375. The average molecular weight is 275 g/mol. The van der Waals surface area contributed by atoms with Gasteiger partial charge in [0.15, 0.2) is 0 Å². The van der Waals surface area contributed by atoms with Crippen molar-refractivity contribution in [2.75, 3.05) is 6.61 Å². The lowest BCUT2D eigenvalue weighted by molar-refractivity contribution is -0.139. The quantitative estimate of drug-likeness (QED) is 0.332. The van der Waals surface area contributed by atoms with Crippen LogP contribution in [0.4, 0.5) is 0 Å². The third kappa shape index (κ3) is 5.69. The lowest BCUT2D eigenvalue weighted by Crippen LogP contribution is -2.12. The van der Waals surface area contributed by atoms with Crippen LogP contribution >= 0.6 is 0 Å². The van der Waals surface area contributed by atoms with Gasteiger partial charge in [-0.25, -0.2) is 4.79 Å². The number of nitrogens with zero attached hydrogens (tertiary/aromatic N) is 1. The van der Waals surface area contributed by atoms with Gasteiger partial charge in [0.25, 0.3) is 0 Å². The van der Waals surface area contributed by atoms with Crippen molar-refractivity contribution in [3.8, 4) is 0 Å². The fourth-order valence-corrected chi connectivity index (χ4v) is 1.55. The molecule has 0 unspecified atom stereocenters. The van der Waals surface area contributed by atoms with Crippen LogP contribution in [-0.4, -0.2) is 18.8 Å². The van der Waals surface area contributed by atoms with Crippen molar-refractivity contribution in [3.63, 3.8) is 0 Å². The van der Waals surface area contributed by atoms with Crippen molar-refractivity contribution in [2.24, 2.45) is 11.1 Å². The van der Waals surface area contributed by atoms with Crippen molar-refractivity contribution < 1.29 is 14.4 Å². The Kier molecular flexibility index (Phi) is 7.11. The molecule has 20 heavy (non-hydrogen) atoms. The molecule has 0 fully saturated rings. The molecule has 0 amide bonds. The van der Waals surface area contributed by atoms with E-state index in [4.69, 9.17) is 9.57 Å². The Hall–Kier alpha value is -2.10. The highest BCUT2D eigenvalue weighted by Gasteiger charge is 2.13. The third-order valence-corrected chi connectivity index (χ3v) is 2.60. The molecule has 0 atom stereocenters. The molecular weight excluding hydrogens is 254 g/mol. The molecule has 0 aromatic heterocycles. The van der Waals surface area contributed by atoms with E-state index in [1.807, 2.05) is 44.2 Å². The summed E-state index contributed by atoms with van der Waals surface area (Å²) in [5, 5.41) is 3.82. The van der Waals surface area contributed by atoms with E-state index in [1.165, 1.54) is 6.21 Å². The van der Waals surface area contributed by atoms with E-state index in [1.54, 1.807) is 13.0 Å². The van der Waals surface area contributed by atoms with E-state index < -0.39 is 0 Å². The van der Waals surface area contributed by atoms with Crippen LogP contribution < -0.4 is 0 Å². The van der Waals surface area contributed by atoms with Gasteiger partial charge in [-0.05, 0) is 24.5 Å². The minimum Gasteiger partial charge on any atom is -0.463 e. The summed E-state index contributed by atoms with van der Waals surface area (Å²) < 4.78 is 4.98. The van der Waals surface area contributed by atoms with Gasteiger partial charge >= 0.3 is 5.97 Å². The predicted molar refractivity (Wildman–Crippen MR) is 79.3 cm³/mol. The zero-order chi connectivity index (χ0) is 14.8. The highest BCUT2D eigenvalue weighted by Crippen LogP contribution is 2.10. The number of hydrogen-bond donors (Lipinski definition) is 0. The predicted octanol–water partition coefficient (Wildman–Crippen LogP) is 3.33. The zero-order valence-electron chi connectivity index (χ0n) is 12.2. The van der Waals surface area contributed by atoms with Crippen LogP contribution in [0.15, 0.2) is 47.1 Å². The van der Waals surface area contributed by atoms with Gasteiger partial charge in [-0.15, -0.1) is 0 Å². The second-order valence-corrected chi connectivity index (χ2v) is 4.51. The number of oxime groups is 1. The van der Waals surface area contributed by atoms with E-state index >= 15 is 0 Å². The van der Waals surface area contributed by atoms with Crippen LogP contribution in [0.3, 0.4) is 0 Å². The van der Waals surface area contributed by atoms with Gasteiger partial charge in [0.1, 0.15) is 6.61 Å². The summed E-state index contributed by atoms with van der Waals surface area (Å²) in [7, 11) is 0. The molecule has 0 radical (unpaired) electrons. The highest BCUT2D eigenvalue weighted by atomic mass is 16.6. The molecule has 0 aliphatic heterocycles. The molecule has 1 aromatic carbocycles. The maximum Gasteiger partial charge on any atom is 0.334 e. The molecule has 0 aliphatic carbocycles. The second kappa shape index (κ2) is 8.91. The largest absolute Gasteiger partial charge is 0.463 e. The summed E-state index contributed by atoms with van der Waals surface area (Å²) in [6.07, 6.45) is 3.11. The van der Waals surface area contributed by atoms with Gasteiger partial charge in [0.05, 0.1) is 12.8 Å². The lowest BCUT2D eigenvalue weighted by atomic mass is 10.0. The number of rotatable bonds is 7. The van der Waals surface area contributed by atoms with E-state index in [2.05, 4.69) is 5.16 Å². The maximum absolute atomic E-state index is 11.7. The van der Waals surface area contributed by atoms with Crippen molar-refractivity contribution in [3.05, 3.63) is 47.5 Å². The van der Waals surface area contributed by atoms with Crippen molar-refractivity contribution in [2.45, 2.75) is 27.4 Å². The van der Waals surface area contributed by atoms with Crippen LogP contribution in [0.1, 0.15) is 26.3 Å². The van der Waals surface area contributed by atoms with E-state index in [-0.39, 0.29) is 11.9 Å². The van der Waals surface area contributed by atoms with Gasteiger partial charge in [0.2, 0.25) is 0 Å². The SMILES string of the molecule is CCOC(=O)/C(=C/C=N/OCc1ccccc1)C(C)C. The van der Waals surface area contributed by atoms with Crippen LogP contribution in [0.25, 0.3) is 0 Å². The Bertz CT molecular complexity index is 464. The van der Waals surface area contributed by atoms with Gasteiger partial charge < -0.3 is 9.57 Å². The molecule has 1 aromatic rings. The van der Waals surface area contributed by atoms with Crippen molar-refractivity contribution in [1.29, 1.82) is 0 Å². The number of carbonyl (C=O) groups excluding carboxylic acids is 1. The molecule has 0 bridgehead atoms. The molecule has 0 spiro atoms. The molecule has 108 valence electrons. The number of esters is 1. The Labute approximate surface area is 120 Å². The maximum atomic E-state index is 11.7. The second-order valence-electron chi connectivity index (χ2n) is 4.51. The molecule has 0 saturated carbocycles. The molecule has 4 heteroatoms. The first kappa shape index (κ1) is 16.0. The number of allylic oxidation sites excluding steroid dienone is 1. The van der Waals surface area contributed by atoms with E-state index in [0.29, 0.717) is 18.8 Å². The molecule has 4 nitrogen and oxygen atoms in total. The Morgan fingerprint density at radius 1 is 1.30 bits per heavy atom. The minimum absolute atomic E-state index is 0.0784. The summed E-state index contributed by atoms with van der Waals surface area (Å²) in [5.41, 5.74) is 1.63. The lowest BCUT2D eigenvalue weighted by Gasteiger charge is -2.08. The highest BCUT2D eigenvalue weighted by molar-refractivity contribution is 5.93. The van der Waals surface area contributed by atoms with Gasteiger partial charge in [-0.3, -0.25) is 0 Å². The number of ether oxygens (including phenoxy) is 1. The molecule has 0 heterocycles. The summed E-state index contributed by atoms with van der Waals surface area (Å²) in [6.45, 7) is 6.42. The third-order valence-electron chi connectivity index (χ3n) is 2.60. The topological polar surface area (TPSA) is 47.9 Å². The van der Waals surface area contributed by atoms with Gasteiger partial charge in [-0.2, -0.15) is 0 Å². The Balaban J connectivity index is 2.50. The first-order chi connectivity index (χ1) is 9.65. The summed E-state index contributed by atoms with van der Waals surface area (Å²) in [6, 6.07) is 9.76. The molecule has 1 rings (SSSR count). The molecular formula is C16H21NO3. The molecule has 0 aliphatic rings. The summed E-state index contributed by atoms with van der Waals surface area (Å²) >= 11 is 0. The van der Waals surface area contributed by atoms with Crippen LogP contribution in [0, 0.1) is 5.92 Å². The normalized spacial score (nSPS) is 11.9. The van der Waals surface area contributed by atoms with Crippen molar-refractivity contribution >= 4 is 12.2 Å². The number of carbonyl (C=O) groups is 1. The first-order valence-corrected chi connectivity index (χ1v) is 6.71. The van der Waals surface area contributed by atoms with Crippen LogP contribution in [-0.2, 0) is 21.0 Å². The summed E-state index contributed by atoms with van der Waals surface area (Å²) in [5.74, 6) is -0.230. The first-order valence-electron chi connectivity index (χ1n) is 6.71. The van der Waals surface area contributed by atoms with Crippen molar-refractivity contribution in [1.82, 2.24) is 0 Å². The Morgan fingerprint density at radius 3 is 2.60 bits per heavy atom. The number of benzene rings is 1. The minimum atomic E-state index is -0.308. The monoisotopic (exact) mass is 275 g/mol. The molecule has 0 N–H and O–H groups in total. The van der Waals surface area contributed by atoms with Gasteiger partial charge in [0, 0.05) is 5.57 Å². The number of hydrogen-bond acceptors (Lipinski definition) is 4. The van der Waals surface area contributed by atoms with Crippen LogP contribution in [0.2, 0.25) is 0 Å². The smallest absolute Gasteiger partial charge is 0.334 e. The van der Waals surface area contributed by atoms with Gasteiger partial charge in [-0.1, -0.05) is 49.3 Å². The average Bonchev–Trinajstić information content (AvgIpc) is 2.43. The molecule has 0 saturated heterocycles. The van der Waals surface area contributed by atoms with Crippen LogP contribution in [0.5, 0.6) is 0 Å². The van der Waals surface area contributed by atoms with E-state index in [0.717, 1.165) is 5.56 Å². The Morgan fingerprint density at radius 2 is 2.00 bits per heavy atom. The zero-order valence-corrected chi connectivity index (χ0v) is 12.2.